The molecule has 1 aromatic heterocycles. The Kier molecular flexibility index (Phi) is 5.45. The van der Waals surface area contributed by atoms with Gasteiger partial charge in [0.15, 0.2) is 0 Å². The van der Waals surface area contributed by atoms with Crippen LogP contribution in [0.4, 0.5) is 0 Å². The molecule has 1 N–H and O–H groups in total. The fourth-order valence-electron chi connectivity index (χ4n) is 4.27. The van der Waals surface area contributed by atoms with Crippen molar-refractivity contribution in [3.05, 3.63) is 41.4 Å². The van der Waals surface area contributed by atoms with Crippen LogP contribution in [-0.2, 0) is 4.74 Å². The molecule has 4 unspecified atom stereocenters. The molecule has 0 radical (unpaired) electrons. The SMILES string of the molecule is CC1CCC(C(C)c2nc3ccccc3[nH]2)C1.CCC1(C)OC(C)=C1C. The van der Waals surface area contributed by atoms with E-state index in [0.717, 1.165) is 29.5 Å². The Morgan fingerprint density at radius 2 is 2.00 bits per heavy atom. The molecule has 0 bridgehead atoms. The van der Waals surface area contributed by atoms with E-state index in [0.29, 0.717) is 5.92 Å². The lowest BCUT2D eigenvalue weighted by atomic mass is 9.88. The molecule has 1 aliphatic heterocycles. The van der Waals surface area contributed by atoms with E-state index >= 15 is 0 Å². The number of fused-ring (bicyclic) bond motifs is 1. The predicted molar refractivity (Wildman–Crippen MR) is 109 cm³/mol. The molecule has 4 atom stereocenters. The lowest BCUT2D eigenvalue weighted by molar-refractivity contribution is -0.00767. The number of benzene rings is 1. The van der Waals surface area contributed by atoms with Gasteiger partial charge in [-0.05, 0) is 64.0 Å². The molecule has 1 aromatic carbocycles. The van der Waals surface area contributed by atoms with Crippen molar-refractivity contribution in [2.24, 2.45) is 11.8 Å². The molecule has 3 heteroatoms. The van der Waals surface area contributed by atoms with Gasteiger partial charge in [-0.2, -0.15) is 0 Å². The summed E-state index contributed by atoms with van der Waals surface area (Å²) in [5, 5.41) is 0. The number of aromatic amines is 1. The summed E-state index contributed by atoms with van der Waals surface area (Å²) in [5.74, 6) is 4.55. The number of rotatable bonds is 3. The molecule has 4 rings (SSSR count). The standard InChI is InChI=1S/C15H20N2.C8H14O/c1-10-7-8-12(9-10)11(2)15-16-13-5-3-4-6-14(13)17-15;1-5-8(4)6(2)7(3)9-8/h3-6,10-12H,7-9H2,1-2H3,(H,16,17);5H2,1-4H3. The molecule has 1 fully saturated rings. The Morgan fingerprint density at radius 3 is 2.50 bits per heavy atom. The zero-order valence-electron chi connectivity index (χ0n) is 17.2. The first-order chi connectivity index (χ1) is 12.3. The first-order valence-corrected chi connectivity index (χ1v) is 10.2. The van der Waals surface area contributed by atoms with Gasteiger partial charge >= 0.3 is 0 Å². The molecule has 0 amide bonds. The van der Waals surface area contributed by atoms with Crippen LogP contribution < -0.4 is 0 Å². The van der Waals surface area contributed by atoms with E-state index in [4.69, 9.17) is 9.72 Å². The van der Waals surface area contributed by atoms with Crippen molar-refractivity contribution in [1.29, 1.82) is 0 Å². The summed E-state index contributed by atoms with van der Waals surface area (Å²) in [6, 6.07) is 8.30. The maximum Gasteiger partial charge on any atom is 0.130 e. The van der Waals surface area contributed by atoms with Crippen molar-refractivity contribution in [2.45, 2.75) is 78.7 Å². The number of nitrogens with one attached hydrogen (secondary N) is 1. The number of ether oxygens (including phenoxy) is 1. The first kappa shape index (κ1) is 19.0. The van der Waals surface area contributed by atoms with E-state index in [1.54, 1.807) is 0 Å². The van der Waals surface area contributed by atoms with E-state index < -0.39 is 0 Å². The van der Waals surface area contributed by atoms with Crippen molar-refractivity contribution in [2.75, 3.05) is 0 Å². The summed E-state index contributed by atoms with van der Waals surface area (Å²) in [7, 11) is 0. The van der Waals surface area contributed by atoms with E-state index in [1.807, 2.05) is 6.92 Å². The number of H-pyrrole nitrogens is 1. The van der Waals surface area contributed by atoms with Gasteiger partial charge in [-0.1, -0.05) is 39.3 Å². The van der Waals surface area contributed by atoms with E-state index in [2.05, 4.69) is 63.9 Å². The van der Waals surface area contributed by atoms with Crippen molar-refractivity contribution in [1.82, 2.24) is 9.97 Å². The van der Waals surface area contributed by atoms with Crippen LogP contribution in [0.2, 0.25) is 0 Å². The second-order valence-corrected chi connectivity index (χ2v) is 8.47. The van der Waals surface area contributed by atoms with Crippen LogP contribution in [-0.4, -0.2) is 15.6 Å². The third kappa shape index (κ3) is 3.67. The van der Waals surface area contributed by atoms with E-state index in [1.165, 1.54) is 36.2 Å². The van der Waals surface area contributed by atoms with Crippen molar-refractivity contribution in [3.8, 4) is 0 Å². The van der Waals surface area contributed by atoms with Gasteiger partial charge in [0.25, 0.3) is 0 Å². The maximum atomic E-state index is 5.47. The Labute approximate surface area is 158 Å². The monoisotopic (exact) mass is 354 g/mol. The number of hydrogen-bond donors (Lipinski definition) is 1. The third-order valence-corrected chi connectivity index (χ3v) is 6.66. The number of para-hydroxylation sites is 2. The molecule has 2 heterocycles. The van der Waals surface area contributed by atoms with Crippen LogP contribution in [0.25, 0.3) is 11.0 Å². The number of allylic oxidation sites excluding steroid dienone is 1. The summed E-state index contributed by atoms with van der Waals surface area (Å²) >= 11 is 0. The smallest absolute Gasteiger partial charge is 0.130 e. The van der Waals surface area contributed by atoms with Crippen molar-refractivity contribution >= 4 is 11.0 Å². The van der Waals surface area contributed by atoms with Crippen molar-refractivity contribution < 1.29 is 4.74 Å². The Morgan fingerprint density at radius 1 is 1.27 bits per heavy atom. The van der Waals surface area contributed by atoms with Gasteiger partial charge < -0.3 is 9.72 Å². The van der Waals surface area contributed by atoms with Crippen LogP contribution in [0, 0.1) is 11.8 Å². The zero-order valence-corrected chi connectivity index (χ0v) is 17.2. The normalized spacial score (nSPS) is 29.0. The van der Waals surface area contributed by atoms with Crippen LogP contribution in [0.1, 0.15) is 79.0 Å². The minimum atomic E-state index is 0.0735. The summed E-state index contributed by atoms with van der Waals surface area (Å²) in [4.78, 5) is 8.20. The summed E-state index contributed by atoms with van der Waals surface area (Å²) in [6.07, 6.45) is 5.18. The molecule has 1 aliphatic carbocycles. The van der Waals surface area contributed by atoms with Crippen LogP contribution in [0.15, 0.2) is 35.6 Å². The van der Waals surface area contributed by atoms with Crippen LogP contribution >= 0.6 is 0 Å². The zero-order chi connectivity index (χ0) is 18.9. The molecule has 1 saturated carbocycles. The van der Waals surface area contributed by atoms with Gasteiger partial charge in [0.05, 0.1) is 16.8 Å². The maximum absolute atomic E-state index is 5.47. The summed E-state index contributed by atoms with van der Waals surface area (Å²) in [6.45, 7) is 13.1. The highest BCUT2D eigenvalue weighted by Crippen LogP contribution is 2.40. The Balaban J connectivity index is 0.000000185. The highest BCUT2D eigenvalue weighted by atomic mass is 16.5. The van der Waals surface area contributed by atoms with Gasteiger partial charge in [0.2, 0.25) is 0 Å². The fraction of sp³-hybridized carbons (Fsp3) is 0.609. The molecule has 2 aromatic rings. The largest absolute Gasteiger partial charge is 0.488 e. The van der Waals surface area contributed by atoms with Crippen LogP contribution in [0.5, 0.6) is 0 Å². The molecule has 26 heavy (non-hydrogen) atoms. The summed E-state index contributed by atoms with van der Waals surface area (Å²) in [5.41, 5.74) is 3.75. The third-order valence-electron chi connectivity index (χ3n) is 6.66. The second-order valence-electron chi connectivity index (χ2n) is 8.47. The Hall–Kier alpha value is -1.77. The second kappa shape index (κ2) is 7.46. The molecule has 3 nitrogen and oxygen atoms in total. The number of hydrogen-bond acceptors (Lipinski definition) is 2. The minimum absolute atomic E-state index is 0.0735. The lowest BCUT2D eigenvalue weighted by Gasteiger charge is -2.40. The lowest BCUT2D eigenvalue weighted by Crippen LogP contribution is -2.37. The first-order valence-electron chi connectivity index (χ1n) is 10.2. The molecule has 0 spiro atoms. The van der Waals surface area contributed by atoms with Crippen molar-refractivity contribution in [3.63, 3.8) is 0 Å². The average molecular weight is 355 g/mol. The highest BCUT2D eigenvalue weighted by Gasteiger charge is 2.36. The number of aromatic nitrogens is 2. The van der Waals surface area contributed by atoms with E-state index in [-0.39, 0.29) is 5.60 Å². The topological polar surface area (TPSA) is 37.9 Å². The minimum Gasteiger partial charge on any atom is -0.488 e. The number of nitrogens with zero attached hydrogens (tertiary/aromatic N) is 1. The molecular formula is C23H34N2O. The Bertz CT molecular complexity index is 757. The summed E-state index contributed by atoms with van der Waals surface area (Å²) < 4.78 is 5.47. The number of imidazole rings is 1. The fourth-order valence-corrected chi connectivity index (χ4v) is 4.27. The average Bonchev–Trinajstić information content (AvgIpc) is 3.27. The van der Waals surface area contributed by atoms with Gasteiger partial charge in [0.1, 0.15) is 11.4 Å². The van der Waals surface area contributed by atoms with E-state index in [9.17, 15) is 0 Å². The highest BCUT2D eigenvalue weighted by molar-refractivity contribution is 5.74. The predicted octanol–water partition coefficient (Wildman–Crippen LogP) is 6.58. The quantitative estimate of drug-likeness (QED) is 0.676. The molecule has 2 aliphatic rings. The van der Waals surface area contributed by atoms with Gasteiger partial charge in [-0.15, -0.1) is 0 Å². The van der Waals surface area contributed by atoms with Gasteiger partial charge in [-0.25, -0.2) is 4.98 Å². The van der Waals surface area contributed by atoms with Gasteiger partial charge in [0, 0.05) is 11.5 Å². The molecule has 0 saturated heterocycles. The molecule has 142 valence electrons. The van der Waals surface area contributed by atoms with Crippen LogP contribution in [0.3, 0.4) is 0 Å². The van der Waals surface area contributed by atoms with Gasteiger partial charge in [-0.3, -0.25) is 0 Å². The molecular weight excluding hydrogens is 320 g/mol.